The topological polar surface area (TPSA) is 44.8 Å². The van der Waals surface area contributed by atoms with Gasteiger partial charge in [-0.05, 0) is 35.1 Å². The number of halogens is 1. The van der Waals surface area contributed by atoms with Crippen LogP contribution in [0.25, 0.3) is 16.7 Å². The third-order valence-corrected chi connectivity index (χ3v) is 2.74. The number of rotatable bonds is 1. The van der Waals surface area contributed by atoms with Crippen molar-refractivity contribution in [3.8, 4) is 5.69 Å². The Kier molecular flexibility index (Phi) is 2.23. The summed E-state index contributed by atoms with van der Waals surface area (Å²) in [5, 5.41) is 16.8. The molecule has 0 aliphatic carbocycles. The predicted molar refractivity (Wildman–Crippen MR) is 65.0 cm³/mol. The molecule has 0 unspecified atom stereocenters. The van der Waals surface area contributed by atoms with Gasteiger partial charge in [-0.2, -0.15) is 0 Å². The Hall–Kier alpha value is -2.07. The van der Waals surface area contributed by atoms with Crippen LogP contribution in [0.1, 0.15) is 0 Å². The standard InChI is InChI=1S/C12H8ClN3O/c13-9-4-3-5-10(8-9)15-14-11-6-1-2-7-12(11)16(15)17/h1-8H. The van der Waals surface area contributed by atoms with E-state index in [0.29, 0.717) is 21.7 Å². The van der Waals surface area contributed by atoms with Crippen LogP contribution in [-0.4, -0.2) is 9.90 Å². The van der Waals surface area contributed by atoms with Gasteiger partial charge < -0.3 is 5.21 Å². The van der Waals surface area contributed by atoms with Gasteiger partial charge in [0.05, 0.1) is 5.10 Å². The van der Waals surface area contributed by atoms with Gasteiger partial charge in [-0.1, -0.05) is 29.8 Å². The fraction of sp³-hybridized carbons (Fsp3) is 0. The van der Waals surface area contributed by atoms with E-state index in [1.165, 1.54) is 4.80 Å². The summed E-state index contributed by atoms with van der Waals surface area (Å²) < 4.78 is 0. The van der Waals surface area contributed by atoms with Crippen LogP contribution in [0.4, 0.5) is 0 Å². The first kappa shape index (κ1) is 10.1. The summed E-state index contributed by atoms with van der Waals surface area (Å²) in [4.78, 5) is 2.04. The Morgan fingerprint density at radius 1 is 1.12 bits per heavy atom. The molecule has 0 amide bonds. The number of hydrogen-bond donors (Lipinski definition) is 0. The summed E-state index contributed by atoms with van der Waals surface area (Å²) >= 11 is 5.89. The highest BCUT2D eigenvalue weighted by Gasteiger charge is 2.14. The molecule has 0 bridgehead atoms. The van der Waals surface area contributed by atoms with E-state index < -0.39 is 0 Å². The second-order valence-corrected chi connectivity index (χ2v) is 4.07. The van der Waals surface area contributed by atoms with Gasteiger partial charge in [0, 0.05) is 5.02 Å². The van der Waals surface area contributed by atoms with Gasteiger partial charge >= 0.3 is 0 Å². The second-order valence-electron chi connectivity index (χ2n) is 3.63. The Morgan fingerprint density at radius 3 is 2.71 bits per heavy atom. The lowest BCUT2D eigenvalue weighted by atomic mass is 10.3. The number of fused-ring (bicyclic) bond motifs is 1. The van der Waals surface area contributed by atoms with Crippen molar-refractivity contribution in [3.05, 3.63) is 58.8 Å². The first-order valence-electron chi connectivity index (χ1n) is 5.09. The minimum atomic E-state index is 0.535. The molecule has 0 saturated heterocycles. The summed E-state index contributed by atoms with van der Waals surface area (Å²) in [7, 11) is 0. The summed E-state index contributed by atoms with van der Waals surface area (Å²) in [6.45, 7) is 0. The van der Waals surface area contributed by atoms with Crippen molar-refractivity contribution >= 4 is 22.6 Å². The smallest absolute Gasteiger partial charge is 0.250 e. The normalized spacial score (nSPS) is 10.9. The first-order valence-corrected chi connectivity index (χ1v) is 5.47. The number of benzene rings is 2. The van der Waals surface area contributed by atoms with E-state index in [-0.39, 0.29) is 0 Å². The van der Waals surface area contributed by atoms with Crippen LogP contribution in [0.5, 0.6) is 0 Å². The molecule has 2 aromatic carbocycles. The molecule has 0 saturated carbocycles. The van der Waals surface area contributed by atoms with Crippen molar-refractivity contribution in [1.82, 2.24) is 9.90 Å². The summed E-state index contributed by atoms with van der Waals surface area (Å²) in [5.41, 5.74) is 1.83. The van der Waals surface area contributed by atoms with E-state index >= 15 is 0 Å². The monoisotopic (exact) mass is 245 g/mol. The maximum absolute atomic E-state index is 12.0. The molecule has 0 aliphatic heterocycles. The molecule has 0 N–H and O–H groups in total. The lowest BCUT2D eigenvalue weighted by molar-refractivity contribution is -0.664. The van der Waals surface area contributed by atoms with Crippen molar-refractivity contribution in [2.75, 3.05) is 0 Å². The molecule has 0 atom stereocenters. The lowest BCUT2D eigenvalue weighted by Gasteiger charge is -2.03. The van der Waals surface area contributed by atoms with Gasteiger partial charge in [0.1, 0.15) is 5.69 Å². The van der Waals surface area contributed by atoms with Crippen LogP contribution in [0.3, 0.4) is 0 Å². The SMILES string of the molecule is [O-][n+]1c2ccccc2nn1-c1cccc(Cl)c1. The van der Waals surface area contributed by atoms with Crippen molar-refractivity contribution < 1.29 is 4.85 Å². The van der Waals surface area contributed by atoms with E-state index in [2.05, 4.69) is 5.10 Å². The van der Waals surface area contributed by atoms with Crippen LogP contribution in [-0.2, 0) is 0 Å². The van der Waals surface area contributed by atoms with Gasteiger partial charge in [-0.15, -0.1) is 4.85 Å². The summed E-state index contributed by atoms with van der Waals surface area (Å²) in [6.07, 6.45) is 0. The van der Waals surface area contributed by atoms with Gasteiger partial charge in [-0.3, -0.25) is 0 Å². The van der Waals surface area contributed by atoms with Gasteiger partial charge in [0.15, 0.2) is 0 Å². The number of para-hydroxylation sites is 1. The molecule has 4 nitrogen and oxygen atoms in total. The molecule has 0 fully saturated rings. The Balaban J connectivity index is 2.27. The highest BCUT2D eigenvalue weighted by atomic mass is 35.5. The summed E-state index contributed by atoms with van der Waals surface area (Å²) in [6, 6.07) is 14.2. The van der Waals surface area contributed by atoms with E-state index in [9.17, 15) is 5.21 Å². The van der Waals surface area contributed by atoms with Crippen molar-refractivity contribution in [3.63, 3.8) is 0 Å². The molecule has 84 valence electrons. The predicted octanol–water partition coefficient (Wildman–Crippen LogP) is 2.31. The highest BCUT2D eigenvalue weighted by Crippen LogP contribution is 2.14. The van der Waals surface area contributed by atoms with Crippen molar-refractivity contribution in [1.29, 1.82) is 0 Å². The zero-order chi connectivity index (χ0) is 11.8. The fourth-order valence-corrected chi connectivity index (χ4v) is 1.90. The molecule has 3 aromatic rings. The third-order valence-electron chi connectivity index (χ3n) is 2.50. The van der Waals surface area contributed by atoms with Crippen LogP contribution >= 0.6 is 11.6 Å². The number of hydrogen-bond acceptors (Lipinski definition) is 2. The molecule has 5 heteroatoms. The number of nitrogens with zero attached hydrogens (tertiary/aromatic N) is 3. The Labute approximate surface area is 102 Å². The van der Waals surface area contributed by atoms with Gasteiger partial charge in [-0.25, -0.2) is 0 Å². The zero-order valence-electron chi connectivity index (χ0n) is 8.75. The fourth-order valence-electron chi connectivity index (χ4n) is 1.72. The van der Waals surface area contributed by atoms with E-state index in [1.807, 2.05) is 6.07 Å². The lowest BCUT2D eigenvalue weighted by Crippen LogP contribution is -2.37. The second kappa shape index (κ2) is 3.75. The van der Waals surface area contributed by atoms with Crippen LogP contribution in [0, 0.1) is 5.21 Å². The van der Waals surface area contributed by atoms with Crippen LogP contribution < -0.4 is 4.85 Å². The maximum Gasteiger partial charge on any atom is 0.250 e. The zero-order valence-corrected chi connectivity index (χ0v) is 9.50. The van der Waals surface area contributed by atoms with E-state index in [4.69, 9.17) is 11.6 Å². The number of aromatic nitrogens is 3. The molecule has 17 heavy (non-hydrogen) atoms. The van der Waals surface area contributed by atoms with E-state index in [1.54, 1.807) is 42.5 Å². The van der Waals surface area contributed by atoms with Crippen molar-refractivity contribution in [2.45, 2.75) is 0 Å². The molecule has 0 radical (unpaired) electrons. The quantitative estimate of drug-likeness (QED) is 0.488. The molecular formula is C12H8ClN3O. The molecular weight excluding hydrogens is 238 g/mol. The minimum Gasteiger partial charge on any atom is -0.692 e. The molecule has 0 aliphatic rings. The highest BCUT2D eigenvalue weighted by molar-refractivity contribution is 6.30. The summed E-state index contributed by atoms with van der Waals surface area (Å²) in [5.74, 6) is 0. The van der Waals surface area contributed by atoms with Crippen LogP contribution in [0.2, 0.25) is 5.02 Å². The van der Waals surface area contributed by atoms with E-state index in [0.717, 1.165) is 4.85 Å². The molecule has 1 heterocycles. The minimum absolute atomic E-state index is 0.535. The average Bonchev–Trinajstić information content (AvgIpc) is 2.68. The first-order chi connectivity index (χ1) is 8.25. The Bertz CT molecular complexity index is 693. The van der Waals surface area contributed by atoms with Crippen molar-refractivity contribution in [2.24, 2.45) is 0 Å². The third kappa shape index (κ3) is 1.62. The molecule has 1 aromatic heterocycles. The largest absolute Gasteiger partial charge is 0.692 e. The van der Waals surface area contributed by atoms with Gasteiger partial charge in [0.2, 0.25) is 11.0 Å². The maximum atomic E-state index is 12.0. The van der Waals surface area contributed by atoms with Crippen LogP contribution in [0.15, 0.2) is 48.5 Å². The Morgan fingerprint density at radius 2 is 1.94 bits per heavy atom. The average molecular weight is 246 g/mol. The molecule has 3 rings (SSSR count). The van der Waals surface area contributed by atoms with Gasteiger partial charge in [0.25, 0.3) is 0 Å². The molecule has 0 spiro atoms.